The second-order valence-corrected chi connectivity index (χ2v) is 9.34. The summed E-state index contributed by atoms with van der Waals surface area (Å²) in [6, 6.07) is 2.20. The van der Waals surface area contributed by atoms with Gasteiger partial charge < -0.3 is 25.2 Å². The number of β-amino-alcohol motifs (C(OH)–C–C–N with tert-alkyl or cyclic N) is 1. The number of piperidine rings is 1. The van der Waals surface area contributed by atoms with Crippen LogP contribution in [0.2, 0.25) is 0 Å². The first-order valence-corrected chi connectivity index (χ1v) is 11.8. The van der Waals surface area contributed by atoms with Crippen LogP contribution in [0.3, 0.4) is 0 Å². The van der Waals surface area contributed by atoms with Gasteiger partial charge in [-0.15, -0.1) is 11.3 Å². The van der Waals surface area contributed by atoms with E-state index in [1.165, 1.54) is 40.8 Å². The van der Waals surface area contributed by atoms with Crippen LogP contribution >= 0.6 is 11.3 Å². The molecule has 0 spiro atoms. The van der Waals surface area contributed by atoms with E-state index in [1.54, 1.807) is 0 Å². The van der Waals surface area contributed by atoms with Crippen LogP contribution in [0.25, 0.3) is 0 Å². The molecule has 9 nitrogen and oxygen atoms in total. The van der Waals surface area contributed by atoms with Crippen LogP contribution in [-0.4, -0.2) is 65.2 Å². The Bertz CT molecular complexity index is 1050. The lowest BCUT2D eigenvalue weighted by Gasteiger charge is -2.33. The Morgan fingerprint density at radius 1 is 1.32 bits per heavy atom. The molecule has 3 unspecified atom stereocenters. The zero-order valence-corrected chi connectivity index (χ0v) is 19.6. The Labute approximate surface area is 202 Å². The molecule has 2 aliphatic rings. The van der Waals surface area contributed by atoms with Gasteiger partial charge in [-0.2, -0.15) is 5.26 Å². The topological polar surface area (TPSA) is 135 Å². The third-order valence-electron chi connectivity index (χ3n) is 5.76. The van der Waals surface area contributed by atoms with Gasteiger partial charge in [0.1, 0.15) is 11.1 Å². The second-order valence-electron chi connectivity index (χ2n) is 8.23. The number of aliphatic hydroxyl groups is 2. The SMILES string of the molecule is C=CN=CC(=C)/C=C/C(=O)Nc1sc2c(c1C#N)CCC(COC(=O)N1CCC(O)C(O)C1)C2. The molecule has 1 saturated heterocycles. The predicted octanol–water partition coefficient (Wildman–Crippen LogP) is 2.55. The van der Waals surface area contributed by atoms with Crippen molar-refractivity contribution in [1.82, 2.24) is 4.90 Å². The molecule has 0 saturated carbocycles. The van der Waals surface area contributed by atoms with E-state index in [9.17, 15) is 25.1 Å². The summed E-state index contributed by atoms with van der Waals surface area (Å²) in [5.74, 6) is -0.277. The van der Waals surface area contributed by atoms with Crippen molar-refractivity contribution in [1.29, 1.82) is 5.26 Å². The zero-order valence-electron chi connectivity index (χ0n) is 18.8. The van der Waals surface area contributed by atoms with Gasteiger partial charge in [0.2, 0.25) is 5.91 Å². The lowest BCUT2D eigenvalue weighted by molar-refractivity contribution is -0.111. The van der Waals surface area contributed by atoms with Crippen LogP contribution in [0, 0.1) is 17.2 Å². The molecule has 1 aromatic rings. The van der Waals surface area contributed by atoms with Crippen LogP contribution in [0.1, 0.15) is 28.8 Å². The highest BCUT2D eigenvalue weighted by molar-refractivity contribution is 7.16. The molecule has 1 aliphatic carbocycles. The maximum absolute atomic E-state index is 12.3. The number of hydrogen-bond donors (Lipinski definition) is 3. The van der Waals surface area contributed by atoms with Gasteiger partial charge in [-0.1, -0.05) is 13.2 Å². The van der Waals surface area contributed by atoms with Crippen molar-refractivity contribution in [3.63, 3.8) is 0 Å². The van der Waals surface area contributed by atoms with E-state index in [1.807, 2.05) is 0 Å². The minimum absolute atomic E-state index is 0.0528. The molecule has 0 bridgehead atoms. The summed E-state index contributed by atoms with van der Waals surface area (Å²) in [5.41, 5.74) is 1.95. The standard InChI is InChI=1S/C24H28N4O5S/c1-3-26-12-15(2)4-7-22(31)27-23-18(11-25)17-6-5-16(10-21(17)34-23)14-33-24(32)28-9-8-19(29)20(30)13-28/h3-4,7,12,16,19-20,29-30H,1-2,5-6,8-10,13-14H2,(H,27,31)/b7-4+,26-12?. The van der Waals surface area contributed by atoms with Gasteiger partial charge in [0, 0.05) is 29.9 Å². The minimum atomic E-state index is -0.962. The number of aliphatic hydroxyl groups excluding tert-OH is 2. The van der Waals surface area contributed by atoms with E-state index in [0.29, 0.717) is 41.9 Å². The fourth-order valence-electron chi connectivity index (χ4n) is 3.90. The number of nitriles is 1. The summed E-state index contributed by atoms with van der Waals surface area (Å²) in [5, 5.41) is 32.3. The van der Waals surface area contributed by atoms with E-state index < -0.39 is 18.3 Å². The van der Waals surface area contributed by atoms with Crippen LogP contribution in [0.15, 0.2) is 42.1 Å². The third kappa shape index (κ3) is 6.41. The zero-order chi connectivity index (χ0) is 24.7. The molecule has 10 heteroatoms. The van der Waals surface area contributed by atoms with E-state index in [-0.39, 0.29) is 25.0 Å². The van der Waals surface area contributed by atoms with Gasteiger partial charge in [0.15, 0.2) is 0 Å². The quantitative estimate of drug-likeness (QED) is 0.309. The van der Waals surface area contributed by atoms with Gasteiger partial charge in [-0.05, 0) is 48.8 Å². The van der Waals surface area contributed by atoms with Crippen molar-refractivity contribution < 1.29 is 24.5 Å². The third-order valence-corrected chi connectivity index (χ3v) is 6.93. The summed E-state index contributed by atoms with van der Waals surface area (Å²) in [4.78, 5) is 30.9. The number of ether oxygens (including phenoxy) is 1. The lowest BCUT2D eigenvalue weighted by Crippen LogP contribution is -2.49. The number of carbonyl (C=O) groups is 2. The molecule has 1 aliphatic heterocycles. The number of nitrogens with zero attached hydrogens (tertiary/aromatic N) is 3. The summed E-state index contributed by atoms with van der Waals surface area (Å²) < 4.78 is 5.46. The molecular formula is C24H28N4O5S. The van der Waals surface area contributed by atoms with E-state index in [0.717, 1.165) is 16.9 Å². The first kappa shape index (κ1) is 25.4. The van der Waals surface area contributed by atoms with Crippen molar-refractivity contribution in [2.24, 2.45) is 10.9 Å². The Morgan fingerprint density at radius 2 is 2.12 bits per heavy atom. The molecule has 34 heavy (non-hydrogen) atoms. The largest absolute Gasteiger partial charge is 0.449 e. The molecule has 2 heterocycles. The average Bonchev–Trinajstić information content (AvgIpc) is 3.17. The highest BCUT2D eigenvalue weighted by Gasteiger charge is 2.31. The number of rotatable bonds is 7. The smallest absolute Gasteiger partial charge is 0.409 e. The molecule has 1 aromatic heterocycles. The number of likely N-dealkylation sites (tertiary alicyclic amines) is 1. The van der Waals surface area contributed by atoms with Crippen LogP contribution in [-0.2, 0) is 22.4 Å². The summed E-state index contributed by atoms with van der Waals surface area (Å²) >= 11 is 1.37. The molecule has 0 radical (unpaired) electrons. The Morgan fingerprint density at radius 3 is 2.82 bits per heavy atom. The fourth-order valence-corrected chi connectivity index (χ4v) is 5.21. The number of carbonyl (C=O) groups excluding carboxylic acids is 2. The maximum Gasteiger partial charge on any atom is 0.409 e. The highest BCUT2D eigenvalue weighted by atomic mass is 32.1. The summed E-state index contributed by atoms with van der Waals surface area (Å²) in [6.07, 6.45) is 5.79. The minimum Gasteiger partial charge on any atom is -0.449 e. The number of aliphatic imine (C=N–C) groups is 1. The fraction of sp³-hybridized carbons (Fsp3) is 0.417. The van der Waals surface area contributed by atoms with Crippen LogP contribution in [0.5, 0.6) is 0 Å². The maximum atomic E-state index is 12.3. The first-order valence-electron chi connectivity index (χ1n) is 11.0. The van der Waals surface area contributed by atoms with Crippen molar-refractivity contribution in [3.05, 3.63) is 53.1 Å². The number of thiophene rings is 1. The van der Waals surface area contributed by atoms with Crippen molar-refractivity contribution in [2.45, 2.75) is 37.9 Å². The number of allylic oxidation sites excluding steroid dienone is 2. The molecule has 3 rings (SSSR count). The van der Waals surface area contributed by atoms with Gasteiger partial charge in [0.25, 0.3) is 0 Å². The molecule has 180 valence electrons. The van der Waals surface area contributed by atoms with Gasteiger partial charge in [0.05, 0.1) is 30.9 Å². The van der Waals surface area contributed by atoms with Gasteiger partial charge in [-0.25, -0.2) is 4.79 Å². The van der Waals surface area contributed by atoms with Crippen molar-refractivity contribution in [2.75, 3.05) is 25.0 Å². The normalized spacial score (nSPS) is 22.3. The van der Waals surface area contributed by atoms with Crippen LogP contribution in [0.4, 0.5) is 9.80 Å². The molecule has 2 amide bonds. The van der Waals surface area contributed by atoms with Crippen molar-refractivity contribution in [3.8, 4) is 6.07 Å². The van der Waals surface area contributed by atoms with Crippen molar-refractivity contribution >= 4 is 34.6 Å². The number of nitrogens with one attached hydrogen (secondary N) is 1. The monoisotopic (exact) mass is 484 g/mol. The van der Waals surface area contributed by atoms with Gasteiger partial charge >= 0.3 is 6.09 Å². The number of hydrogen-bond acceptors (Lipinski definition) is 8. The predicted molar refractivity (Wildman–Crippen MR) is 130 cm³/mol. The summed E-state index contributed by atoms with van der Waals surface area (Å²) in [6.45, 7) is 7.85. The Balaban J connectivity index is 1.57. The van der Waals surface area contributed by atoms with E-state index >= 15 is 0 Å². The van der Waals surface area contributed by atoms with E-state index in [2.05, 4.69) is 29.5 Å². The lowest BCUT2D eigenvalue weighted by atomic mass is 9.88. The molecular weight excluding hydrogens is 456 g/mol. The number of anilines is 1. The number of fused-ring (bicyclic) bond motifs is 1. The molecule has 0 aromatic carbocycles. The molecule has 1 fully saturated rings. The Kier molecular flexibility index (Phi) is 8.76. The number of amides is 2. The average molecular weight is 485 g/mol. The first-order chi connectivity index (χ1) is 16.3. The van der Waals surface area contributed by atoms with Gasteiger partial charge in [-0.3, -0.25) is 9.79 Å². The molecule has 3 atom stereocenters. The summed E-state index contributed by atoms with van der Waals surface area (Å²) in [7, 11) is 0. The molecule has 3 N–H and O–H groups in total. The van der Waals surface area contributed by atoms with E-state index in [4.69, 9.17) is 4.74 Å². The van der Waals surface area contributed by atoms with Crippen LogP contribution < -0.4 is 5.32 Å². The highest BCUT2D eigenvalue weighted by Crippen LogP contribution is 2.39. The second kappa shape index (κ2) is 11.7. The Hall–Kier alpha value is -3.26.